The van der Waals surface area contributed by atoms with Crippen molar-refractivity contribution in [1.29, 1.82) is 0 Å². The lowest BCUT2D eigenvalue weighted by molar-refractivity contribution is 1.23. The lowest BCUT2D eigenvalue weighted by atomic mass is 10.2. The maximum absolute atomic E-state index is 6.26. The van der Waals surface area contributed by atoms with Crippen molar-refractivity contribution in [3.8, 4) is 10.7 Å². The number of thiophene rings is 1. The zero-order valence-electron chi connectivity index (χ0n) is 10.4. The second-order valence-electron chi connectivity index (χ2n) is 4.32. The molecule has 0 aliphatic heterocycles. The largest absolute Gasteiger partial charge is 0.226 e. The van der Waals surface area contributed by atoms with Crippen LogP contribution in [0.5, 0.6) is 0 Å². The fraction of sp³-hybridized carbons (Fsp3) is 0.143. The van der Waals surface area contributed by atoms with Gasteiger partial charge in [0.25, 0.3) is 0 Å². The van der Waals surface area contributed by atoms with E-state index in [1.54, 1.807) is 11.3 Å². The van der Waals surface area contributed by atoms with E-state index in [0.717, 1.165) is 20.3 Å². The molecule has 96 valence electrons. The van der Waals surface area contributed by atoms with E-state index in [9.17, 15) is 0 Å². The molecule has 0 aliphatic carbocycles. The molecular weight excluding hydrogens is 344 g/mol. The zero-order valence-corrected chi connectivity index (χ0v) is 13.5. The minimum Gasteiger partial charge on any atom is -0.226 e. The number of halogens is 2. The maximum atomic E-state index is 6.26. The minimum absolute atomic E-state index is 0.491. The highest BCUT2D eigenvalue weighted by atomic mass is 79.9. The summed E-state index contributed by atoms with van der Waals surface area (Å²) >= 11 is 11.5. The average molecular weight is 354 g/mol. The van der Waals surface area contributed by atoms with Gasteiger partial charge in [-0.3, -0.25) is 0 Å². The van der Waals surface area contributed by atoms with Gasteiger partial charge in [0.2, 0.25) is 0 Å². The summed E-state index contributed by atoms with van der Waals surface area (Å²) in [6.07, 6.45) is 0. The number of hydrogen-bond donors (Lipinski definition) is 0. The summed E-state index contributed by atoms with van der Waals surface area (Å²) in [5.41, 5.74) is 2.10. The van der Waals surface area contributed by atoms with Gasteiger partial charge >= 0.3 is 0 Å². The number of benzene rings is 1. The highest BCUT2D eigenvalue weighted by Crippen LogP contribution is 2.33. The van der Waals surface area contributed by atoms with E-state index in [-0.39, 0.29) is 0 Å². The number of fused-ring (bicyclic) bond motifs is 1. The summed E-state index contributed by atoms with van der Waals surface area (Å²) in [6.45, 7) is 4.19. The molecule has 0 radical (unpaired) electrons. The second-order valence-corrected chi connectivity index (χ2v) is 6.79. The van der Waals surface area contributed by atoms with Gasteiger partial charge < -0.3 is 0 Å². The van der Waals surface area contributed by atoms with Crippen LogP contribution in [0.4, 0.5) is 0 Å². The Morgan fingerprint density at radius 2 is 2.00 bits per heavy atom. The number of nitrogens with zero attached hydrogens (tertiary/aromatic N) is 2. The molecule has 0 saturated carbocycles. The standard InChI is InChI=1S/C14H10BrClN2S/c1-7-6-11(19-8(7)2)14-17-12-9(13(16)18-14)4-3-5-10(12)15/h3-6H,1-2H3. The molecular formula is C14H10BrClN2S. The van der Waals surface area contributed by atoms with Gasteiger partial charge in [-0.25, -0.2) is 9.97 Å². The Labute approximate surface area is 128 Å². The van der Waals surface area contributed by atoms with Crippen molar-refractivity contribution in [2.45, 2.75) is 13.8 Å². The molecule has 2 heterocycles. The molecule has 19 heavy (non-hydrogen) atoms. The first-order chi connectivity index (χ1) is 9.06. The molecule has 0 N–H and O–H groups in total. The van der Waals surface area contributed by atoms with Gasteiger partial charge in [-0.05, 0) is 53.5 Å². The summed E-state index contributed by atoms with van der Waals surface area (Å²) in [6, 6.07) is 7.92. The van der Waals surface area contributed by atoms with Crippen LogP contribution < -0.4 is 0 Å². The van der Waals surface area contributed by atoms with Gasteiger partial charge in [0, 0.05) is 14.7 Å². The van der Waals surface area contributed by atoms with Crippen LogP contribution >= 0.6 is 38.9 Å². The van der Waals surface area contributed by atoms with Gasteiger partial charge in [0.15, 0.2) is 5.82 Å². The molecule has 3 rings (SSSR count). The maximum Gasteiger partial charge on any atom is 0.171 e. The second kappa shape index (κ2) is 4.85. The van der Waals surface area contributed by atoms with E-state index in [1.165, 1.54) is 10.4 Å². The summed E-state index contributed by atoms with van der Waals surface area (Å²) in [5.74, 6) is 0.686. The first-order valence-corrected chi connectivity index (χ1v) is 7.74. The molecule has 0 amide bonds. The fourth-order valence-corrected chi connectivity index (χ4v) is 3.53. The molecule has 2 aromatic heterocycles. The third kappa shape index (κ3) is 2.29. The van der Waals surface area contributed by atoms with E-state index in [2.05, 4.69) is 45.8 Å². The lowest BCUT2D eigenvalue weighted by Gasteiger charge is -2.04. The van der Waals surface area contributed by atoms with Crippen LogP contribution in [-0.4, -0.2) is 9.97 Å². The van der Waals surface area contributed by atoms with Crippen molar-refractivity contribution < 1.29 is 0 Å². The van der Waals surface area contributed by atoms with Crippen LogP contribution in [0.3, 0.4) is 0 Å². The lowest BCUT2D eigenvalue weighted by Crippen LogP contribution is -1.90. The molecule has 0 atom stereocenters. The topological polar surface area (TPSA) is 25.8 Å². The molecule has 1 aromatic carbocycles. The van der Waals surface area contributed by atoms with E-state index in [1.807, 2.05) is 18.2 Å². The first-order valence-electron chi connectivity index (χ1n) is 5.75. The van der Waals surface area contributed by atoms with Gasteiger partial charge in [0.05, 0.1) is 10.4 Å². The minimum atomic E-state index is 0.491. The third-order valence-electron chi connectivity index (χ3n) is 3.02. The Bertz CT molecular complexity index is 763. The first kappa shape index (κ1) is 13.0. The predicted molar refractivity (Wildman–Crippen MR) is 85.0 cm³/mol. The van der Waals surface area contributed by atoms with E-state index < -0.39 is 0 Å². The van der Waals surface area contributed by atoms with Crippen LogP contribution in [0.2, 0.25) is 5.15 Å². The molecule has 0 aliphatic rings. The van der Waals surface area contributed by atoms with Gasteiger partial charge in [0.1, 0.15) is 5.15 Å². The quantitative estimate of drug-likeness (QED) is 0.548. The third-order valence-corrected chi connectivity index (χ3v) is 5.09. The average Bonchev–Trinajstić information content (AvgIpc) is 2.71. The Balaban J connectivity index is 2.28. The van der Waals surface area contributed by atoms with Gasteiger partial charge in [-0.1, -0.05) is 17.7 Å². The van der Waals surface area contributed by atoms with Crippen molar-refractivity contribution in [3.63, 3.8) is 0 Å². The number of para-hydroxylation sites is 1. The molecule has 0 bridgehead atoms. The Morgan fingerprint density at radius 1 is 1.21 bits per heavy atom. The van der Waals surface area contributed by atoms with Crippen LogP contribution in [-0.2, 0) is 0 Å². The smallest absolute Gasteiger partial charge is 0.171 e. The Kier molecular flexibility index (Phi) is 3.33. The summed E-state index contributed by atoms with van der Waals surface area (Å²) in [4.78, 5) is 11.4. The summed E-state index contributed by atoms with van der Waals surface area (Å²) < 4.78 is 0.931. The molecule has 0 saturated heterocycles. The van der Waals surface area contributed by atoms with Crippen LogP contribution in [0.1, 0.15) is 10.4 Å². The fourth-order valence-electron chi connectivity index (χ4n) is 1.87. The molecule has 0 spiro atoms. The Hall–Kier alpha value is -0.970. The van der Waals surface area contributed by atoms with Gasteiger partial charge in [-0.2, -0.15) is 0 Å². The number of rotatable bonds is 1. The number of hydrogen-bond acceptors (Lipinski definition) is 3. The molecule has 3 aromatic rings. The van der Waals surface area contributed by atoms with Crippen molar-refractivity contribution in [2.75, 3.05) is 0 Å². The summed E-state index contributed by atoms with van der Waals surface area (Å²) in [5, 5.41) is 1.36. The van der Waals surface area contributed by atoms with Gasteiger partial charge in [-0.15, -0.1) is 11.3 Å². The van der Waals surface area contributed by atoms with Crippen molar-refractivity contribution in [2.24, 2.45) is 0 Å². The number of aryl methyl sites for hydroxylation is 2. The summed E-state index contributed by atoms with van der Waals surface area (Å²) in [7, 11) is 0. The monoisotopic (exact) mass is 352 g/mol. The van der Waals surface area contributed by atoms with Crippen LogP contribution in [0, 0.1) is 13.8 Å². The highest BCUT2D eigenvalue weighted by molar-refractivity contribution is 9.10. The van der Waals surface area contributed by atoms with E-state index >= 15 is 0 Å². The van der Waals surface area contributed by atoms with Crippen molar-refractivity contribution in [1.82, 2.24) is 9.97 Å². The Morgan fingerprint density at radius 3 is 2.68 bits per heavy atom. The highest BCUT2D eigenvalue weighted by Gasteiger charge is 2.12. The molecule has 2 nitrogen and oxygen atoms in total. The zero-order chi connectivity index (χ0) is 13.6. The molecule has 0 fully saturated rings. The molecule has 5 heteroatoms. The van der Waals surface area contributed by atoms with Crippen molar-refractivity contribution in [3.05, 3.63) is 44.3 Å². The van der Waals surface area contributed by atoms with Crippen LogP contribution in [0.15, 0.2) is 28.7 Å². The SMILES string of the molecule is Cc1cc(-c2nc(Cl)c3cccc(Br)c3n2)sc1C. The predicted octanol–water partition coefficient (Wildman–Crippen LogP) is 5.39. The van der Waals surface area contributed by atoms with E-state index in [4.69, 9.17) is 11.6 Å². The van der Waals surface area contributed by atoms with E-state index in [0.29, 0.717) is 11.0 Å². The van der Waals surface area contributed by atoms with Crippen LogP contribution in [0.25, 0.3) is 21.6 Å². The number of aromatic nitrogens is 2. The molecule has 0 unspecified atom stereocenters. The normalized spacial score (nSPS) is 11.2. The van der Waals surface area contributed by atoms with Crippen molar-refractivity contribution >= 4 is 49.8 Å².